The van der Waals surface area contributed by atoms with Gasteiger partial charge in [0.1, 0.15) is 0 Å². The molecule has 1 saturated heterocycles. The molecule has 1 amide bonds. The highest BCUT2D eigenvalue weighted by Crippen LogP contribution is 2.34. The Morgan fingerprint density at radius 3 is 2.55 bits per heavy atom. The van der Waals surface area contributed by atoms with Crippen LogP contribution in [0.1, 0.15) is 32.6 Å². The van der Waals surface area contributed by atoms with Crippen LogP contribution < -0.4 is 0 Å². The molecule has 0 N–H and O–H groups in total. The van der Waals surface area contributed by atoms with E-state index in [1.807, 2.05) is 4.90 Å². The average molecular weight is 153 g/mol. The van der Waals surface area contributed by atoms with Crippen LogP contribution in [-0.2, 0) is 4.79 Å². The Morgan fingerprint density at radius 2 is 2.18 bits per heavy atom. The molecule has 62 valence electrons. The van der Waals surface area contributed by atoms with Gasteiger partial charge in [0.25, 0.3) is 0 Å². The Hall–Kier alpha value is -0.530. The Bertz CT molecular complexity index is 174. The topological polar surface area (TPSA) is 20.3 Å². The molecule has 1 aliphatic heterocycles. The first-order chi connectivity index (χ1) is 5.27. The third kappa shape index (κ3) is 1.39. The van der Waals surface area contributed by atoms with Gasteiger partial charge in [-0.1, -0.05) is 0 Å². The van der Waals surface area contributed by atoms with Crippen molar-refractivity contribution in [1.82, 2.24) is 4.90 Å². The van der Waals surface area contributed by atoms with Crippen LogP contribution in [0.5, 0.6) is 0 Å². The van der Waals surface area contributed by atoms with Crippen LogP contribution in [-0.4, -0.2) is 23.4 Å². The van der Waals surface area contributed by atoms with E-state index in [0.29, 0.717) is 11.9 Å². The van der Waals surface area contributed by atoms with E-state index in [-0.39, 0.29) is 0 Å². The van der Waals surface area contributed by atoms with Crippen LogP contribution in [0.15, 0.2) is 0 Å². The molecule has 11 heavy (non-hydrogen) atoms. The quantitative estimate of drug-likeness (QED) is 0.587. The molecule has 2 nitrogen and oxygen atoms in total. The van der Waals surface area contributed by atoms with Crippen molar-refractivity contribution in [3.8, 4) is 0 Å². The van der Waals surface area contributed by atoms with Crippen LogP contribution in [0.3, 0.4) is 0 Å². The molecule has 1 heterocycles. The minimum atomic E-state index is 0.395. The molecule has 1 aliphatic carbocycles. The van der Waals surface area contributed by atoms with Crippen molar-refractivity contribution >= 4 is 5.91 Å². The molecule has 0 bridgehead atoms. The number of amides is 1. The molecule has 0 radical (unpaired) electrons. The van der Waals surface area contributed by atoms with Gasteiger partial charge in [-0.3, -0.25) is 4.79 Å². The molecule has 0 aromatic rings. The Labute approximate surface area is 67.6 Å². The largest absolute Gasteiger partial charge is 0.340 e. The van der Waals surface area contributed by atoms with Crippen LogP contribution >= 0.6 is 0 Å². The van der Waals surface area contributed by atoms with Gasteiger partial charge in [0.05, 0.1) is 0 Å². The van der Waals surface area contributed by atoms with Gasteiger partial charge in [0, 0.05) is 19.0 Å². The third-order valence-corrected chi connectivity index (χ3v) is 2.80. The summed E-state index contributed by atoms with van der Waals surface area (Å²) in [5.41, 5.74) is 0. The average Bonchev–Trinajstić information content (AvgIpc) is 2.68. The summed E-state index contributed by atoms with van der Waals surface area (Å²) in [5, 5.41) is 0. The van der Waals surface area contributed by atoms with Crippen molar-refractivity contribution in [2.24, 2.45) is 5.92 Å². The summed E-state index contributed by atoms with van der Waals surface area (Å²) < 4.78 is 0. The lowest BCUT2D eigenvalue weighted by Gasteiger charge is -2.38. The fourth-order valence-electron chi connectivity index (χ4n) is 1.57. The van der Waals surface area contributed by atoms with Gasteiger partial charge in [0.2, 0.25) is 5.91 Å². The lowest BCUT2D eigenvalue weighted by molar-refractivity contribution is -0.138. The van der Waals surface area contributed by atoms with Gasteiger partial charge >= 0.3 is 0 Å². The van der Waals surface area contributed by atoms with Crippen molar-refractivity contribution < 1.29 is 4.79 Å². The van der Waals surface area contributed by atoms with Crippen molar-refractivity contribution in [3.05, 3.63) is 0 Å². The minimum absolute atomic E-state index is 0.395. The highest BCUT2D eigenvalue weighted by atomic mass is 16.2. The van der Waals surface area contributed by atoms with E-state index in [4.69, 9.17) is 0 Å². The molecule has 0 aromatic heterocycles. The van der Waals surface area contributed by atoms with Gasteiger partial charge in [0.15, 0.2) is 0 Å². The second kappa shape index (κ2) is 2.50. The molecular weight excluding hydrogens is 138 g/mol. The van der Waals surface area contributed by atoms with Gasteiger partial charge in [-0.05, 0) is 32.1 Å². The van der Waals surface area contributed by atoms with Crippen molar-refractivity contribution in [3.63, 3.8) is 0 Å². The van der Waals surface area contributed by atoms with Crippen molar-refractivity contribution in [1.29, 1.82) is 0 Å². The lowest BCUT2D eigenvalue weighted by Crippen LogP contribution is -2.49. The molecule has 0 aromatic carbocycles. The van der Waals surface area contributed by atoms with Gasteiger partial charge in [-0.15, -0.1) is 0 Å². The summed E-state index contributed by atoms with van der Waals surface area (Å²) >= 11 is 0. The van der Waals surface area contributed by atoms with E-state index in [0.717, 1.165) is 18.9 Å². The number of nitrogens with zero attached hydrogens (tertiary/aromatic N) is 1. The second-order valence-corrected chi connectivity index (χ2v) is 3.87. The highest BCUT2D eigenvalue weighted by molar-refractivity contribution is 5.77. The zero-order chi connectivity index (χ0) is 7.84. The minimum Gasteiger partial charge on any atom is -0.340 e. The molecule has 0 spiro atoms. The zero-order valence-electron chi connectivity index (χ0n) is 7.05. The molecule has 2 rings (SSSR count). The fourth-order valence-corrected chi connectivity index (χ4v) is 1.57. The van der Waals surface area contributed by atoms with Crippen LogP contribution in [0.25, 0.3) is 0 Å². The normalized spacial score (nSPS) is 29.9. The smallest absolute Gasteiger partial charge is 0.223 e. The first-order valence-electron chi connectivity index (χ1n) is 4.57. The maximum Gasteiger partial charge on any atom is 0.223 e. The summed E-state index contributed by atoms with van der Waals surface area (Å²) in [4.78, 5) is 13.4. The summed E-state index contributed by atoms with van der Waals surface area (Å²) in [6, 6.07) is 0.529. The lowest BCUT2D eigenvalue weighted by atomic mass is 10.0. The predicted octanol–water partition coefficient (Wildman–Crippen LogP) is 1.41. The van der Waals surface area contributed by atoms with Crippen LogP contribution in [0.2, 0.25) is 0 Å². The van der Waals surface area contributed by atoms with Crippen LogP contribution in [0.4, 0.5) is 0 Å². The standard InChI is InChI=1S/C9H15NO/c1-7-4-5-10(7)9(11)6-8-2-3-8/h7-8H,2-6H2,1H3. The number of hydrogen-bond acceptors (Lipinski definition) is 1. The van der Waals surface area contributed by atoms with Crippen LogP contribution in [0, 0.1) is 5.92 Å². The number of hydrogen-bond donors (Lipinski definition) is 0. The maximum atomic E-state index is 11.4. The van der Waals surface area contributed by atoms with Gasteiger partial charge < -0.3 is 4.90 Å². The number of likely N-dealkylation sites (tertiary alicyclic amines) is 1. The molecule has 2 heteroatoms. The Balaban J connectivity index is 1.78. The molecule has 2 fully saturated rings. The predicted molar refractivity (Wildman–Crippen MR) is 43.1 cm³/mol. The van der Waals surface area contributed by atoms with E-state index >= 15 is 0 Å². The first-order valence-corrected chi connectivity index (χ1v) is 4.57. The molecule has 1 saturated carbocycles. The maximum absolute atomic E-state index is 11.4. The third-order valence-electron chi connectivity index (χ3n) is 2.80. The van der Waals surface area contributed by atoms with E-state index in [1.165, 1.54) is 19.3 Å². The monoisotopic (exact) mass is 153 g/mol. The molecule has 1 unspecified atom stereocenters. The van der Waals surface area contributed by atoms with Crippen molar-refractivity contribution in [2.75, 3.05) is 6.54 Å². The van der Waals surface area contributed by atoms with Crippen molar-refractivity contribution in [2.45, 2.75) is 38.6 Å². The number of carbonyl (C=O) groups excluding carboxylic acids is 1. The fraction of sp³-hybridized carbons (Fsp3) is 0.889. The number of rotatable bonds is 2. The summed E-state index contributed by atoms with van der Waals surface area (Å²) in [7, 11) is 0. The van der Waals surface area contributed by atoms with Gasteiger partial charge in [-0.2, -0.15) is 0 Å². The number of carbonyl (C=O) groups is 1. The summed E-state index contributed by atoms with van der Waals surface area (Å²) in [6.45, 7) is 3.14. The van der Waals surface area contributed by atoms with Gasteiger partial charge in [-0.25, -0.2) is 0 Å². The Morgan fingerprint density at radius 1 is 1.45 bits per heavy atom. The van der Waals surface area contributed by atoms with E-state index in [9.17, 15) is 4.79 Å². The summed E-state index contributed by atoms with van der Waals surface area (Å²) in [6.07, 6.45) is 4.60. The molecule has 1 atom stereocenters. The second-order valence-electron chi connectivity index (χ2n) is 3.87. The Kier molecular flexibility index (Phi) is 1.63. The van der Waals surface area contributed by atoms with E-state index in [2.05, 4.69) is 6.92 Å². The molecular formula is C9H15NO. The molecule has 2 aliphatic rings. The zero-order valence-corrected chi connectivity index (χ0v) is 7.05. The van der Waals surface area contributed by atoms with E-state index < -0.39 is 0 Å². The first kappa shape index (κ1) is 7.14. The van der Waals surface area contributed by atoms with E-state index in [1.54, 1.807) is 0 Å². The highest BCUT2D eigenvalue weighted by Gasteiger charge is 2.32. The summed E-state index contributed by atoms with van der Waals surface area (Å²) in [5.74, 6) is 1.14. The SMILES string of the molecule is CC1CCN1C(=O)CC1CC1.